The topological polar surface area (TPSA) is 12.0 Å². The van der Waals surface area contributed by atoms with Gasteiger partial charge in [-0.25, -0.2) is 0 Å². The van der Waals surface area contributed by atoms with Crippen LogP contribution in [-0.2, 0) is 0 Å². The maximum absolute atomic E-state index is 5.08. The molecule has 0 aromatic carbocycles. The lowest BCUT2D eigenvalue weighted by Gasteiger charge is -1.99. The number of nitrogens with one attached hydrogen (secondary N) is 1. The van der Waals surface area contributed by atoms with Crippen LogP contribution in [0.1, 0.15) is 13.3 Å². The van der Waals surface area contributed by atoms with Crippen molar-refractivity contribution in [3.05, 3.63) is 0 Å². The molecule has 0 saturated heterocycles. The minimum absolute atomic E-state index is 0.841. The van der Waals surface area contributed by atoms with E-state index in [0.29, 0.717) is 0 Å². The van der Waals surface area contributed by atoms with Crippen LogP contribution in [0.25, 0.3) is 0 Å². The smallest absolute Gasteiger partial charge is 0.0545 e. The van der Waals surface area contributed by atoms with Gasteiger partial charge in [0.1, 0.15) is 0 Å². The highest BCUT2D eigenvalue weighted by atomic mass is 32.2. The predicted molar refractivity (Wildman–Crippen MR) is 49.3 cm³/mol. The van der Waals surface area contributed by atoms with E-state index >= 15 is 0 Å². The highest BCUT2D eigenvalue weighted by Gasteiger charge is 1.84. The van der Waals surface area contributed by atoms with E-state index in [1.807, 2.05) is 0 Å². The third-order valence-electron chi connectivity index (χ3n) is 1.04. The standard InChI is InChI=1S/C8H15NS/c1-3-5-9-6-8-10-7-4-2/h2,9H,3,5-8H2,1H3. The van der Waals surface area contributed by atoms with Crippen LogP contribution < -0.4 is 5.32 Å². The Labute approximate surface area is 68.0 Å². The molecule has 0 aromatic heterocycles. The number of rotatable bonds is 6. The molecular weight excluding hydrogens is 142 g/mol. The third-order valence-corrected chi connectivity index (χ3v) is 1.90. The van der Waals surface area contributed by atoms with Crippen molar-refractivity contribution in [1.29, 1.82) is 0 Å². The minimum atomic E-state index is 0.841. The van der Waals surface area contributed by atoms with Crippen LogP contribution in [0.2, 0.25) is 0 Å². The molecule has 0 aliphatic heterocycles. The fourth-order valence-electron chi connectivity index (χ4n) is 0.577. The number of hydrogen-bond acceptors (Lipinski definition) is 2. The molecule has 1 nitrogen and oxygen atoms in total. The van der Waals surface area contributed by atoms with Gasteiger partial charge in [0.2, 0.25) is 0 Å². The Morgan fingerprint density at radius 3 is 2.90 bits per heavy atom. The van der Waals surface area contributed by atoms with Crippen molar-refractivity contribution in [3.8, 4) is 12.3 Å². The monoisotopic (exact) mass is 157 g/mol. The zero-order valence-electron chi connectivity index (χ0n) is 6.52. The first-order valence-electron chi connectivity index (χ1n) is 3.63. The summed E-state index contributed by atoms with van der Waals surface area (Å²) in [6.07, 6.45) is 6.29. The predicted octanol–water partition coefficient (Wildman–Crippen LogP) is 1.35. The summed E-state index contributed by atoms with van der Waals surface area (Å²) in [5.74, 6) is 4.56. The van der Waals surface area contributed by atoms with Gasteiger partial charge in [0.15, 0.2) is 0 Å². The molecule has 0 spiro atoms. The maximum atomic E-state index is 5.08. The van der Waals surface area contributed by atoms with Crippen LogP contribution in [0.15, 0.2) is 0 Å². The van der Waals surface area contributed by atoms with E-state index in [2.05, 4.69) is 18.2 Å². The molecule has 0 fully saturated rings. The van der Waals surface area contributed by atoms with Gasteiger partial charge < -0.3 is 5.32 Å². The van der Waals surface area contributed by atoms with E-state index in [1.54, 1.807) is 11.8 Å². The van der Waals surface area contributed by atoms with Crippen LogP contribution in [0.4, 0.5) is 0 Å². The molecule has 0 aliphatic rings. The Balaban J connectivity index is 2.72. The second-order valence-electron chi connectivity index (χ2n) is 2.01. The Hall–Kier alpha value is -0.130. The minimum Gasteiger partial charge on any atom is -0.316 e. The quantitative estimate of drug-likeness (QED) is 0.461. The average molecular weight is 157 g/mol. The summed E-state index contributed by atoms with van der Waals surface area (Å²) in [4.78, 5) is 0. The van der Waals surface area contributed by atoms with Crippen LogP contribution in [0, 0.1) is 12.3 Å². The molecule has 10 heavy (non-hydrogen) atoms. The van der Waals surface area contributed by atoms with Crippen molar-refractivity contribution in [1.82, 2.24) is 5.32 Å². The molecular formula is C8H15NS. The summed E-state index contributed by atoms with van der Waals surface area (Å²) in [5, 5.41) is 3.30. The number of thioether (sulfide) groups is 1. The summed E-state index contributed by atoms with van der Waals surface area (Å²) >= 11 is 1.81. The summed E-state index contributed by atoms with van der Waals surface area (Å²) in [6.45, 7) is 4.37. The highest BCUT2D eigenvalue weighted by Crippen LogP contribution is 1.94. The summed E-state index contributed by atoms with van der Waals surface area (Å²) < 4.78 is 0. The first-order valence-corrected chi connectivity index (χ1v) is 4.79. The molecule has 0 rings (SSSR count). The van der Waals surface area contributed by atoms with E-state index in [4.69, 9.17) is 6.42 Å². The number of terminal acetylenes is 1. The first-order chi connectivity index (χ1) is 4.91. The SMILES string of the molecule is C#CCSCCNCCC. The Kier molecular flexibility index (Phi) is 8.75. The lowest BCUT2D eigenvalue weighted by atomic mass is 10.5. The van der Waals surface area contributed by atoms with Gasteiger partial charge in [-0.3, -0.25) is 0 Å². The Morgan fingerprint density at radius 2 is 2.30 bits per heavy atom. The normalized spacial score (nSPS) is 9.20. The molecule has 0 saturated carbocycles. The summed E-state index contributed by atoms with van der Waals surface area (Å²) in [5.41, 5.74) is 0. The van der Waals surface area contributed by atoms with Gasteiger partial charge in [0.25, 0.3) is 0 Å². The van der Waals surface area contributed by atoms with E-state index in [-0.39, 0.29) is 0 Å². The van der Waals surface area contributed by atoms with Gasteiger partial charge in [-0.15, -0.1) is 18.2 Å². The van der Waals surface area contributed by atoms with E-state index in [9.17, 15) is 0 Å². The van der Waals surface area contributed by atoms with E-state index in [1.165, 1.54) is 6.42 Å². The zero-order chi connectivity index (χ0) is 7.66. The van der Waals surface area contributed by atoms with Gasteiger partial charge in [-0.1, -0.05) is 12.8 Å². The molecule has 0 amide bonds. The molecule has 2 heteroatoms. The second kappa shape index (κ2) is 8.87. The second-order valence-corrected chi connectivity index (χ2v) is 3.11. The van der Waals surface area contributed by atoms with Crippen molar-refractivity contribution >= 4 is 11.8 Å². The molecule has 0 radical (unpaired) electrons. The Bertz CT molecular complexity index is 95.9. The molecule has 0 aromatic rings. The molecule has 0 aliphatic carbocycles. The summed E-state index contributed by atoms with van der Waals surface area (Å²) in [6, 6.07) is 0. The molecule has 0 unspecified atom stereocenters. The van der Waals surface area contributed by atoms with Crippen molar-refractivity contribution in [2.24, 2.45) is 0 Å². The lowest BCUT2D eigenvalue weighted by molar-refractivity contribution is 0.708. The molecule has 58 valence electrons. The van der Waals surface area contributed by atoms with Crippen molar-refractivity contribution in [3.63, 3.8) is 0 Å². The largest absolute Gasteiger partial charge is 0.316 e. The van der Waals surface area contributed by atoms with Crippen LogP contribution >= 0.6 is 11.8 Å². The zero-order valence-corrected chi connectivity index (χ0v) is 7.34. The van der Waals surface area contributed by atoms with Gasteiger partial charge >= 0.3 is 0 Å². The van der Waals surface area contributed by atoms with E-state index in [0.717, 1.165) is 24.6 Å². The molecule has 0 heterocycles. The van der Waals surface area contributed by atoms with Gasteiger partial charge in [0, 0.05) is 12.3 Å². The fraction of sp³-hybridized carbons (Fsp3) is 0.750. The van der Waals surface area contributed by atoms with Gasteiger partial charge in [0.05, 0.1) is 5.75 Å². The van der Waals surface area contributed by atoms with Crippen molar-refractivity contribution < 1.29 is 0 Å². The highest BCUT2D eigenvalue weighted by molar-refractivity contribution is 7.99. The summed E-state index contributed by atoms with van der Waals surface area (Å²) in [7, 11) is 0. The van der Waals surface area contributed by atoms with Crippen molar-refractivity contribution in [2.45, 2.75) is 13.3 Å². The van der Waals surface area contributed by atoms with E-state index < -0.39 is 0 Å². The van der Waals surface area contributed by atoms with Crippen LogP contribution in [0.3, 0.4) is 0 Å². The Morgan fingerprint density at radius 1 is 1.50 bits per heavy atom. The fourth-order valence-corrected chi connectivity index (χ4v) is 1.13. The van der Waals surface area contributed by atoms with Crippen LogP contribution in [0.5, 0.6) is 0 Å². The lowest BCUT2D eigenvalue weighted by Crippen LogP contribution is -2.17. The third kappa shape index (κ3) is 7.87. The van der Waals surface area contributed by atoms with Gasteiger partial charge in [-0.2, -0.15) is 0 Å². The molecule has 0 bridgehead atoms. The van der Waals surface area contributed by atoms with Crippen LogP contribution in [-0.4, -0.2) is 24.6 Å². The van der Waals surface area contributed by atoms with Gasteiger partial charge in [-0.05, 0) is 13.0 Å². The first kappa shape index (κ1) is 9.87. The molecule has 0 atom stereocenters. The maximum Gasteiger partial charge on any atom is 0.0545 e. The molecule has 1 N–H and O–H groups in total. The van der Waals surface area contributed by atoms with Crippen molar-refractivity contribution in [2.75, 3.05) is 24.6 Å². The average Bonchev–Trinajstić information content (AvgIpc) is 1.97. The number of hydrogen-bond donors (Lipinski definition) is 1.